The number of anilines is 2. The quantitative estimate of drug-likeness (QED) is 0.615. The largest absolute Gasteiger partial charge is 0.466 e. The third-order valence-electron chi connectivity index (χ3n) is 7.53. The number of carbonyl (C=O) groups is 3. The van der Waals surface area contributed by atoms with E-state index >= 15 is 0 Å². The van der Waals surface area contributed by atoms with Gasteiger partial charge >= 0.3 is 5.97 Å². The number of amides is 1. The molecular weight excluding hydrogens is 454 g/mol. The molecule has 1 aliphatic carbocycles. The molecule has 0 saturated carbocycles. The number of allylic oxidation sites excluding steroid dienone is 1. The zero-order chi connectivity index (χ0) is 26.2. The van der Waals surface area contributed by atoms with Gasteiger partial charge in [0, 0.05) is 28.9 Å². The highest BCUT2D eigenvalue weighted by Gasteiger charge is 2.63. The standard InChI is InChI=1S/C29H31N3O4/c1-15-8-10-19-18(11-15)29(27(35)31-19)23-21(13-28(4,5)14-22(23)33)32(25(30)24(29)26(34)36-6)20-12-16(2)7-9-17(20)3/h7-12H,13-14,30H2,1-6H3,(H,31,35). The molecule has 7 heteroatoms. The number of ether oxygens (including phenoxy) is 1. The van der Waals surface area contributed by atoms with Crippen molar-refractivity contribution < 1.29 is 19.1 Å². The van der Waals surface area contributed by atoms with Gasteiger partial charge in [-0.1, -0.05) is 43.7 Å². The van der Waals surface area contributed by atoms with E-state index in [2.05, 4.69) is 5.32 Å². The number of Topliss-reactive ketones (excluding diaryl/α,β-unsaturated/α-hetero) is 1. The Bertz CT molecular complexity index is 1430. The van der Waals surface area contributed by atoms with E-state index in [0.717, 1.165) is 22.4 Å². The normalized spacial score (nSPS) is 22.6. The highest BCUT2D eigenvalue weighted by atomic mass is 16.5. The molecule has 186 valence electrons. The van der Waals surface area contributed by atoms with E-state index in [4.69, 9.17) is 10.5 Å². The molecule has 0 radical (unpaired) electrons. The number of aryl methyl sites for hydroxylation is 3. The SMILES string of the molecule is COC(=O)C1=C(N)N(c2cc(C)ccc2C)C2=C(C(=O)CC(C)(C)C2)C12C(=O)Nc1ccc(C)cc12. The van der Waals surface area contributed by atoms with Crippen LogP contribution in [0.5, 0.6) is 0 Å². The van der Waals surface area contributed by atoms with Gasteiger partial charge < -0.3 is 15.8 Å². The molecule has 1 amide bonds. The molecule has 7 nitrogen and oxygen atoms in total. The van der Waals surface area contributed by atoms with Crippen LogP contribution in [0.4, 0.5) is 11.4 Å². The van der Waals surface area contributed by atoms with Gasteiger partial charge in [0.2, 0.25) is 5.91 Å². The summed E-state index contributed by atoms with van der Waals surface area (Å²) < 4.78 is 5.22. The number of carbonyl (C=O) groups excluding carboxylic acids is 3. The summed E-state index contributed by atoms with van der Waals surface area (Å²) in [5.41, 5.74) is 10.5. The molecule has 2 aromatic rings. The lowest BCUT2D eigenvalue weighted by Crippen LogP contribution is -2.54. The van der Waals surface area contributed by atoms with Crippen molar-refractivity contribution >= 4 is 29.0 Å². The van der Waals surface area contributed by atoms with Gasteiger partial charge in [-0.3, -0.25) is 14.5 Å². The van der Waals surface area contributed by atoms with Gasteiger partial charge in [0.05, 0.1) is 12.8 Å². The molecule has 0 saturated heterocycles. The first-order valence-electron chi connectivity index (χ1n) is 12.1. The van der Waals surface area contributed by atoms with Crippen molar-refractivity contribution in [3.8, 4) is 0 Å². The van der Waals surface area contributed by atoms with Crippen molar-refractivity contribution in [2.45, 2.75) is 52.9 Å². The molecule has 1 atom stereocenters. The maximum atomic E-state index is 14.1. The molecular formula is C29H31N3O4. The Morgan fingerprint density at radius 1 is 1.03 bits per heavy atom. The molecule has 36 heavy (non-hydrogen) atoms. The summed E-state index contributed by atoms with van der Waals surface area (Å²) in [6, 6.07) is 11.5. The molecule has 0 aromatic heterocycles. The number of hydrogen-bond acceptors (Lipinski definition) is 6. The van der Waals surface area contributed by atoms with Gasteiger partial charge in [0.25, 0.3) is 0 Å². The van der Waals surface area contributed by atoms with Gasteiger partial charge in [-0.15, -0.1) is 0 Å². The Balaban J connectivity index is 1.96. The summed E-state index contributed by atoms with van der Waals surface area (Å²) in [6.07, 6.45) is 0.754. The van der Waals surface area contributed by atoms with Crippen LogP contribution < -0.4 is 16.0 Å². The topological polar surface area (TPSA) is 102 Å². The number of benzene rings is 2. The monoisotopic (exact) mass is 485 g/mol. The predicted molar refractivity (Wildman–Crippen MR) is 138 cm³/mol. The summed E-state index contributed by atoms with van der Waals surface area (Å²) in [5, 5.41) is 2.92. The second kappa shape index (κ2) is 7.82. The van der Waals surface area contributed by atoms with E-state index in [1.807, 2.05) is 65.0 Å². The highest BCUT2D eigenvalue weighted by Crippen LogP contribution is 2.57. The predicted octanol–water partition coefficient (Wildman–Crippen LogP) is 4.31. The van der Waals surface area contributed by atoms with Crippen molar-refractivity contribution in [3.05, 3.63) is 81.3 Å². The zero-order valence-corrected chi connectivity index (χ0v) is 21.5. The number of ketones is 1. The maximum Gasteiger partial charge on any atom is 0.339 e. The number of nitrogens with two attached hydrogens (primary N) is 1. The number of esters is 1. The summed E-state index contributed by atoms with van der Waals surface area (Å²) in [5.74, 6) is -1.27. The first-order chi connectivity index (χ1) is 16.9. The minimum atomic E-state index is -1.68. The third-order valence-corrected chi connectivity index (χ3v) is 7.53. The Morgan fingerprint density at radius 2 is 1.69 bits per heavy atom. The van der Waals surface area contributed by atoms with Crippen LogP contribution in [0, 0.1) is 26.2 Å². The van der Waals surface area contributed by atoms with Gasteiger partial charge in [0.15, 0.2) is 5.78 Å². The zero-order valence-electron chi connectivity index (χ0n) is 21.5. The van der Waals surface area contributed by atoms with Crippen molar-refractivity contribution in [2.24, 2.45) is 11.1 Å². The van der Waals surface area contributed by atoms with E-state index in [-0.39, 0.29) is 29.0 Å². The Hall–Kier alpha value is -3.87. The molecule has 1 unspecified atom stereocenters. The average molecular weight is 486 g/mol. The summed E-state index contributed by atoms with van der Waals surface area (Å²) >= 11 is 0. The van der Waals surface area contributed by atoms with E-state index in [1.54, 1.807) is 11.0 Å². The van der Waals surface area contributed by atoms with Crippen LogP contribution in [0.3, 0.4) is 0 Å². The smallest absolute Gasteiger partial charge is 0.339 e. The fourth-order valence-electron chi connectivity index (χ4n) is 5.99. The number of nitrogens with one attached hydrogen (secondary N) is 1. The first kappa shape index (κ1) is 23.9. The molecule has 2 heterocycles. The van der Waals surface area contributed by atoms with Crippen LogP contribution in [0.2, 0.25) is 0 Å². The van der Waals surface area contributed by atoms with Crippen molar-refractivity contribution in [3.63, 3.8) is 0 Å². The fraction of sp³-hybridized carbons (Fsp3) is 0.345. The molecule has 1 spiro atoms. The number of methoxy groups -OCH3 is 1. The van der Waals surface area contributed by atoms with Crippen LogP contribution in [0.1, 0.15) is 48.9 Å². The van der Waals surface area contributed by atoms with Gasteiger partial charge in [-0.25, -0.2) is 4.79 Å². The lowest BCUT2D eigenvalue weighted by Gasteiger charge is -2.47. The van der Waals surface area contributed by atoms with Crippen LogP contribution in [-0.4, -0.2) is 24.8 Å². The third kappa shape index (κ3) is 3.15. The van der Waals surface area contributed by atoms with Crippen LogP contribution in [-0.2, 0) is 24.5 Å². The lowest BCUT2D eigenvalue weighted by molar-refractivity contribution is -0.138. The van der Waals surface area contributed by atoms with Crippen LogP contribution in [0.25, 0.3) is 0 Å². The Kier molecular flexibility index (Phi) is 5.18. The number of rotatable bonds is 2. The summed E-state index contributed by atoms with van der Waals surface area (Å²) in [7, 11) is 1.26. The molecule has 2 aliphatic heterocycles. The molecule has 3 N–H and O–H groups in total. The number of nitrogens with zero attached hydrogens (tertiary/aromatic N) is 1. The summed E-state index contributed by atoms with van der Waals surface area (Å²) in [4.78, 5) is 43.4. The van der Waals surface area contributed by atoms with E-state index < -0.39 is 17.3 Å². The summed E-state index contributed by atoms with van der Waals surface area (Å²) in [6.45, 7) is 9.91. The van der Waals surface area contributed by atoms with Gasteiger partial charge in [-0.2, -0.15) is 0 Å². The fourth-order valence-corrected chi connectivity index (χ4v) is 5.99. The Labute approximate surface area is 211 Å². The number of hydrogen-bond donors (Lipinski definition) is 2. The van der Waals surface area contributed by atoms with Gasteiger partial charge in [-0.05, 0) is 55.9 Å². The van der Waals surface area contributed by atoms with Crippen molar-refractivity contribution in [1.82, 2.24) is 0 Å². The lowest BCUT2D eigenvalue weighted by atomic mass is 9.60. The first-order valence-corrected chi connectivity index (χ1v) is 12.1. The van der Waals surface area contributed by atoms with Crippen molar-refractivity contribution in [2.75, 3.05) is 17.3 Å². The minimum absolute atomic E-state index is 0.0282. The molecule has 0 fully saturated rings. The second-order valence-electron chi connectivity index (χ2n) is 10.9. The second-order valence-corrected chi connectivity index (χ2v) is 10.9. The molecule has 3 aliphatic rings. The van der Waals surface area contributed by atoms with E-state index in [9.17, 15) is 14.4 Å². The highest BCUT2D eigenvalue weighted by molar-refractivity contribution is 6.23. The Morgan fingerprint density at radius 3 is 2.39 bits per heavy atom. The molecule has 0 bridgehead atoms. The minimum Gasteiger partial charge on any atom is -0.466 e. The molecule has 5 rings (SSSR count). The molecule has 2 aromatic carbocycles. The van der Waals surface area contributed by atoms with E-state index in [1.165, 1.54) is 7.11 Å². The maximum absolute atomic E-state index is 14.1. The van der Waals surface area contributed by atoms with Crippen molar-refractivity contribution in [1.29, 1.82) is 0 Å². The number of fused-ring (bicyclic) bond motifs is 3. The van der Waals surface area contributed by atoms with E-state index in [0.29, 0.717) is 28.9 Å². The van der Waals surface area contributed by atoms with Gasteiger partial charge in [0.1, 0.15) is 16.8 Å². The average Bonchev–Trinajstić information content (AvgIpc) is 3.06. The van der Waals surface area contributed by atoms with Crippen LogP contribution in [0.15, 0.2) is 59.1 Å². The van der Waals surface area contributed by atoms with Crippen LogP contribution >= 0.6 is 0 Å².